The lowest BCUT2D eigenvalue weighted by molar-refractivity contribution is 0.573. The van der Waals surface area contributed by atoms with Crippen molar-refractivity contribution in [1.29, 1.82) is 0 Å². The van der Waals surface area contributed by atoms with Crippen LogP contribution in [-0.4, -0.2) is 22.1 Å². The summed E-state index contributed by atoms with van der Waals surface area (Å²) in [6.45, 7) is 0. The quantitative estimate of drug-likeness (QED) is 0.853. The minimum atomic E-state index is -4.30. The van der Waals surface area contributed by atoms with E-state index in [1.807, 2.05) is 0 Å². The van der Waals surface area contributed by atoms with Crippen LogP contribution in [0.4, 0.5) is 14.5 Å². The molecular weight excluding hydrogens is 324 g/mol. The van der Waals surface area contributed by atoms with Gasteiger partial charge in [0.05, 0.1) is 10.1 Å². The van der Waals surface area contributed by atoms with Crippen LogP contribution in [0.15, 0.2) is 17.0 Å². The summed E-state index contributed by atoms with van der Waals surface area (Å²) >= 11 is 0. The van der Waals surface area contributed by atoms with Gasteiger partial charge in [0, 0.05) is 10.7 Å². The number of hydrogen-bond acceptors (Lipinski definition) is 4. The monoisotopic (exact) mass is 331 g/mol. The highest BCUT2D eigenvalue weighted by Crippen LogP contribution is 2.32. The molecule has 1 aliphatic rings. The highest BCUT2D eigenvalue weighted by molar-refractivity contribution is 8.13. The van der Waals surface area contributed by atoms with Crippen molar-refractivity contribution < 1.29 is 25.6 Å². The molecule has 0 saturated heterocycles. The van der Waals surface area contributed by atoms with Crippen molar-refractivity contribution in [3.05, 3.63) is 23.8 Å². The Hall–Kier alpha value is -0.930. The van der Waals surface area contributed by atoms with Crippen molar-refractivity contribution in [2.75, 3.05) is 4.72 Å². The first-order valence-electron chi connectivity index (χ1n) is 5.06. The molecule has 0 heterocycles. The van der Waals surface area contributed by atoms with Gasteiger partial charge in [-0.25, -0.2) is 25.6 Å². The summed E-state index contributed by atoms with van der Waals surface area (Å²) in [5.74, 6) is -2.69. The largest absolute Gasteiger partial charge is 0.278 e. The molecule has 0 spiro atoms. The molecule has 5 nitrogen and oxygen atoms in total. The Bertz CT molecular complexity index is 706. The highest BCUT2D eigenvalue weighted by atomic mass is 35.7. The number of anilines is 1. The SMILES string of the molecule is O=S(=O)(Cl)c1cc(F)c(NS(=O)(=O)C2CC2)c(F)c1. The van der Waals surface area contributed by atoms with Gasteiger partial charge in [-0.15, -0.1) is 0 Å². The Morgan fingerprint density at radius 2 is 1.58 bits per heavy atom. The second kappa shape index (κ2) is 4.57. The zero-order chi connectivity index (χ0) is 14.4. The van der Waals surface area contributed by atoms with Crippen molar-refractivity contribution in [2.24, 2.45) is 0 Å². The van der Waals surface area contributed by atoms with E-state index >= 15 is 0 Å². The maximum atomic E-state index is 13.6. The number of hydrogen-bond donors (Lipinski definition) is 1. The van der Waals surface area contributed by atoms with Gasteiger partial charge < -0.3 is 0 Å². The van der Waals surface area contributed by atoms with Gasteiger partial charge in [-0.1, -0.05) is 0 Å². The van der Waals surface area contributed by atoms with Crippen LogP contribution >= 0.6 is 10.7 Å². The van der Waals surface area contributed by atoms with Gasteiger partial charge in [-0.2, -0.15) is 0 Å². The summed E-state index contributed by atoms with van der Waals surface area (Å²) in [4.78, 5) is -0.779. The average molecular weight is 332 g/mol. The van der Waals surface area contributed by atoms with Crippen LogP contribution in [0.3, 0.4) is 0 Å². The molecule has 1 aliphatic carbocycles. The normalized spacial score (nSPS) is 16.4. The van der Waals surface area contributed by atoms with Crippen molar-refractivity contribution in [3.63, 3.8) is 0 Å². The Morgan fingerprint density at radius 1 is 1.11 bits per heavy atom. The Morgan fingerprint density at radius 3 is 1.95 bits per heavy atom. The molecule has 1 N–H and O–H groups in total. The van der Waals surface area contributed by atoms with Crippen LogP contribution in [0.25, 0.3) is 0 Å². The zero-order valence-corrected chi connectivity index (χ0v) is 11.6. The van der Waals surface area contributed by atoms with Crippen LogP contribution in [0.2, 0.25) is 0 Å². The van der Waals surface area contributed by atoms with Gasteiger partial charge in [0.1, 0.15) is 5.69 Å². The predicted octanol–water partition coefficient (Wildman–Crippen LogP) is 1.80. The van der Waals surface area contributed by atoms with E-state index in [1.165, 1.54) is 0 Å². The minimum absolute atomic E-state index is 0.423. The summed E-state index contributed by atoms with van der Waals surface area (Å²) in [5, 5.41) is -0.664. The maximum absolute atomic E-state index is 13.6. The fourth-order valence-electron chi connectivity index (χ4n) is 1.39. The molecule has 0 aromatic heterocycles. The summed E-state index contributed by atoms with van der Waals surface area (Å²) in [5.41, 5.74) is -0.907. The Labute approximate surface area is 113 Å². The van der Waals surface area contributed by atoms with Crippen LogP contribution in [0.1, 0.15) is 12.8 Å². The first-order valence-corrected chi connectivity index (χ1v) is 8.92. The standard InChI is InChI=1S/C9H8ClF2NO4S2/c10-18(14,15)6-3-7(11)9(8(12)4-6)13-19(16,17)5-1-2-5/h3-5,13H,1-2H2. The smallest absolute Gasteiger partial charge is 0.261 e. The molecule has 0 unspecified atom stereocenters. The van der Waals surface area contributed by atoms with Crippen LogP contribution in [0.5, 0.6) is 0 Å². The lowest BCUT2D eigenvalue weighted by atomic mass is 10.3. The minimum Gasteiger partial charge on any atom is -0.278 e. The molecule has 10 heteroatoms. The highest BCUT2D eigenvalue weighted by Gasteiger charge is 2.36. The lowest BCUT2D eigenvalue weighted by Crippen LogP contribution is -2.19. The molecule has 2 rings (SSSR count). The molecule has 1 fully saturated rings. The molecule has 19 heavy (non-hydrogen) atoms. The fraction of sp³-hybridized carbons (Fsp3) is 0.333. The van der Waals surface area contributed by atoms with E-state index < -0.39 is 46.5 Å². The maximum Gasteiger partial charge on any atom is 0.261 e. The Balaban J connectivity index is 2.43. The lowest BCUT2D eigenvalue weighted by Gasteiger charge is -2.09. The van der Waals surface area contributed by atoms with Crippen LogP contribution in [0, 0.1) is 11.6 Å². The van der Waals surface area contributed by atoms with Gasteiger partial charge in [0.15, 0.2) is 11.6 Å². The third-order valence-electron chi connectivity index (χ3n) is 2.50. The van der Waals surface area contributed by atoms with Gasteiger partial charge in [-0.05, 0) is 25.0 Å². The van der Waals surface area contributed by atoms with Gasteiger partial charge in [0.2, 0.25) is 10.0 Å². The second-order valence-electron chi connectivity index (χ2n) is 4.05. The summed E-state index contributed by atoms with van der Waals surface area (Å²) < 4.78 is 73.9. The molecule has 0 atom stereocenters. The number of nitrogens with one attached hydrogen (secondary N) is 1. The third kappa shape index (κ3) is 3.15. The van der Waals surface area contributed by atoms with E-state index in [-0.39, 0.29) is 0 Å². The van der Waals surface area contributed by atoms with Crippen molar-refractivity contribution in [2.45, 2.75) is 23.0 Å². The van der Waals surface area contributed by atoms with E-state index in [2.05, 4.69) is 0 Å². The summed E-state index contributed by atoms with van der Waals surface area (Å²) in [6, 6.07) is 0.909. The number of benzene rings is 1. The van der Waals surface area contributed by atoms with Crippen LogP contribution < -0.4 is 4.72 Å². The van der Waals surface area contributed by atoms with E-state index in [1.54, 1.807) is 4.72 Å². The number of rotatable bonds is 4. The molecule has 1 saturated carbocycles. The van der Waals surface area contributed by atoms with Crippen molar-refractivity contribution in [3.8, 4) is 0 Å². The number of sulfonamides is 1. The Kier molecular flexibility index (Phi) is 3.48. The zero-order valence-electron chi connectivity index (χ0n) is 9.23. The van der Waals surface area contributed by atoms with Gasteiger partial charge in [0.25, 0.3) is 9.05 Å². The summed E-state index contributed by atoms with van der Waals surface area (Å²) in [6.07, 6.45) is 0.847. The molecule has 0 bridgehead atoms. The second-order valence-corrected chi connectivity index (χ2v) is 8.57. The first kappa shape index (κ1) is 14.5. The molecular formula is C9H8ClF2NO4S2. The first-order chi connectivity index (χ1) is 8.61. The number of halogens is 3. The molecule has 0 amide bonds. The van der Waals surface area contributed by atoms with E-state index in [4.69, 9.17) is 10.7 Å². The van der Waals surface area contributed by atoms with Gasteiger partial charge in [-0.3, -0.25) is 4.72 Å². The van der Waals surface area contributed by atoms with E-state index in [0.717, 1.165) is 0 Å². The van der Waals surface area contributed by atoms with Crippen LogP contribution in [-0.2, 0) is 19.1 Å². The molecule has 1 aromatic rings. The van der Waals surface area contributed by atoms with E-state index in [0.29, 0.717) is 25.0 Å². The molecule has 1 aromatic carbocycles. The average Bonchev–Trinajstić information content (AvgIpc) is 3.05. The van der Waals surface area contributed by atoms with Crippen molar-refractivity contribution >= 4 is 35.4 Å². The molecule has 106 valence electrons. The van der Waals surface area contributed by atoms with E-state index in [9.17, 15) is 25.6 Å². The predicted molar refractivity (Wildman–Crippen MR) is 65.0 cm³/mol. The fourth-order valence-corrected chi connectivity index (χ4v) is 3.55. The molecule has 0 aliphatic heterocycles. The van der Waals surface area contributed by atoms with Gasteiger partial charge >= 0.3 is 0 Å². The summed E-state index contributed by atoms with van der Waals surface area (Å²) in [7, 11) is -3.19. The molecule has 0 radical (unpaired) electrons. The third-order valence-corrected chi connectivity index (χ3v) is 5.68. The van der Waals surface area contributed by atoms with Crippen molar-refractivity contribution in [1.82, 2.24) is 0 Å². The topological polar surface area (TPSA) is 80.3 Å².